The van der Waals surface area contributed by atoms with E-state index in [4.69, 9.17) is 4.74 Å². The predicted molar refractivity (Wildman–Crippen MR) is 102 cm³/mol. The molecular weight excluding hydrogens is 348 g/mol. The minimum absolute atomic E-state index is 0.136. The maximum absolute atomic E-state index is 12.6. The number of morpholine rings is 1. The maximum atomic E-state index is 12.6. The molecule has 6 nitrogen and oxygen atoms in total. The van der Waals surface area contributed by atoms with Crippen molar-refractivity contribution in [2.45, 2.75) is 37.9 Å². The molecule has 4 rings (SSSR count). The number of hydrogen-bond acceptors (Lipinski definition) is 6. The van der Waals surface area contributed by atoms with Crippen LogP contribution < -0.4 is 4.90 Å². The summed E-state index contributed by atoms with van der Waals surface area (Å²) in [6.07, 6.45) is 2.32. The topological polar surface area (TPSA) is 60.3 Å². The van der Waals surface area contributed by atoms with E-state index in [0.717, 1.165) is 61.4 Å². The summed E-state index contributed by atoms with van der Waals surface area (Å²) in [5.41, 5.74) is 3.13. The number of Topliss-reactive ketones (excluding diaryl/α,β-unsaturated/α-hetero) is 1. The number of aromatic nitrogens is 3. The van der Waals surface area contributed by atoms with Crippen LogP contribution in [0.4, 0.5) is 5.95 Å². The molecule has 0 unspecified atom stereocenters. The second kappa shape index (κ2) is 7.40. The average Bonchev–Trinajstić information content (AvgIpc) is 3.41. The Kier molecular flexibility index (Phi) is 5.00. The first-order valence-electron chi connectivity index (χ1n) is 9.14. The number of ketones is 1. The number of benzene rings is 1. The Morgan fingerprint density at radius 3 is 2.65 bits per heavy atom. The van der Waals surface area contributed by atoms with Crippen molar-refractivity contribution < 1.29 is 9.53 Å². The van der Waals surface area contributed by atoms with Crippen molar-refractivity contribution in [2.24, 2.45) is 0 Å². The van der Waals surface area contributed by atoms with Crippen molar-refractivity contribution in [1.82, 2.24) is 14.8 Å². The van der Waals surface area contributed by atoms with E-state index < -0.39 is 0 Å². The molecule has 1 saturated carbocycles. The maximum Gasteiger partial charge on any atom is 0.228 e. The fourth-order valence-corrected chi connectivity index (χ4v) is 4.02. The molecule has 1 saturated heterocycles. The molecule has 1 aromatic carbocycles. The second-order valence-electron chi connectivity index (χ2n) is 6.99. The highest BCUT2D eigenvalue weighted by Crippen LogP contribution is 2.41. The third-order valence-electron chi connectivity index (χ3n) is 5.01. The van der Waals surface area contributed by atoms with Gasteiger partial charge in [-0.25, -0.2) is 0 Å². The van der Waals surface area contributed by atoms with Crippen LogP contribution in [0.3, 0.4) is 0 Å². The summed E-state index contributed by atoms with van der Waals surface area (Å²) in [4.78, 5) is 14.8. The third kappa shape index (κ3) is 3.64. The standard InChI is InChI=1S/C19H24N4O2S/c1-13-3-4-15(11-14(13)2)17(24)12-26-19-21-20-18(23(19)16-5-6-16)22-7-9-25-10-8-22/h3-4,11,16H,5-10,12H2,1-2H3. The smallest absolute Gasteiger partial charge is 0.228 e. The van der Waals surface area contributed by atoms with Crippen LogP contribution in [0.2, 0.25) is 0 Å². The van der Waals surface area contributed by atoms with Crippen molar-refractivity contribution in [3.63, 3.8) is 0 Å². The molecule has 2 heterocycles. The van der Waals surface area contributed by atoms with Gasteiger partial charge in [0.05, 0.1) is 19.0 Å². The largest absolute Gasteiger partial charge is 0.378 e. The first-order chi connectivity index (χ1) is 12.6. The summed E-state index contributed by atoms with van der Waals surface area (Å²) >= 11 is 1.50. The van der Waals surface area contributed by atoms with Crippen molar-refractivity contribution in [2.75, 3.05) is 37.0 Å². The Labute approximate surface area is 157 Å². The normalized spacial score (nSPS) is 17.5. The number of carbonyl (C=O) groups excluding carboxylic acids is 1. The first kappa shape index (κ1) is 17.5. The van der Waals surface area contributed by atoms with E-state index in [0.29, 0.717) is 11.8 Å². The number of anilines is 1. The number of rotatable bonds is 6. The summed E-state index contributed by atoms with van der Waals surface area (Å²) in [6.45, 7) is 7.24. The van der Waals surface area contributed by atoms with Gasteiger partial charge in [-0.3, -0.25) is 9.36 Å². The lowest BCUT2D eigenvalue weighted by atomic mass is 10.0. The minimum Gasteiger partial charge on any atom is -0.378 e. The lowest BCUT2D eigenvalue weighted by Crippen LogP contribution is -2.38. The predicted octanol–water partition coefficient (Wildman–Crippen LogP) is 3.04. The Morgan fingerprint density at radius 1 is 1.19 bits per heavy atom. The fourth-order valence-electron chi connectivity index (χ4n) is 3.13. The lowest BCUT2D eigenvalue weighted by molar-refractivity contribution is 0.102. The van der Waals surface area contributed by atoms with Crippen molar-refractivity contribution in [3.05, 3.63) is 34.9 Å². The Hall–Kier alpha value is -1.86. The molecule has 0 spiro atoms. The molecule has 1 aliphatic heterocycles. The summed E-state index contributed by atoms with van der Waals surface area (Å²) in [7, 11) is 0. The van der Waals surface area contributed by atoms with E-state index in [1.165, 1.54) is 17.3 Å². The fraction of sp³-hybridized carbons (Fsp3) is 0.526. The lowest BCUT2D eigenvalue weighted by Gasteiger charge is -2.27. The quantitative estimate of drug-likeness (QED) is 0.574. The third-order valence-corrected chi connectivity index (χ3v) is 5.96. The summed E-state index contributed by atoms with van der Waals surface area (Å²) in [5, 5.41) is 9.67. The van der Waals surface area contributed by atoms with Gasteiger partial charge in [-0.05, 0) is 43.9 Å². The average molecular weight is 372 g/mol. The van der Waals surface area contributed by atoms with Crippen LogP contribution in [-0.2, 0) is 4.74 Å². The Bertz CT molecular complexity index is 810. The van der Waals surface area contributed by atoms with E-state index in [-0.39, 0.29) is 5.78 Å². The van der Waals surface area contributed by atoms with Gasteiger partial charge in [-0.1, -0.05) is 23.9 Å². The van der Waals surface area contributed by atoms with Crippen LogP contribution in [0.5, 0.6) is 0 Å². The highest BCUT2D eigenvalue weighted by molar-refractivity contribution is 7.99. The number of nitrogens with zero attached hydrogens (tertiary/aromatic N) is 4. The van der Waals surface area contributed by atoms with Gasteiger partial charge >= 0.3 is 0 Å². The zero-order chi connectivity index (χ0) is 18.1. The highest BCUT2D eigenvalue weighted by atomic mass is 32.2. The summed E-state index contributed by atoms with van der Waals surface area (Å²) < 4.78 is 7.67. The number of hydrogen-bond donors (Lipinski definition) is 0. The molecule has 1 aliphatic carbocycles. The molecular formula is C19H24N4O2S. The van der Waals surface area contributed by atoms with Gasteiger partial charge in [0.25, 0.3) is 0 Å². The first-order valence-corrected chi connectivity index (χ1v) is 10.1. The Morgan fingerprint density at radius 2 is 1.96 bits per heavy atom. The second-order valence-corrected chi connectivity index (χ2v) is 7.94. The zero-order valence-corrected chi connectivity index (χ0v) is 16.1. The molecule has 0 bridgehead atoms. The van der Waals surface area contributed by atoms with E-state index >= 15 is 0 Å². The van der Waals surface area contributed by atoms with E-state index in [9.17, 15) is 4.79 Å². The molecule has 2 fully saturated rings. The Balaban J connectivity index is 1.48. The molecule has 7 heteroatoms. The van der Waals surface area contributed by atoms with Gasteiger partial charge in [-0.2, -0.15) is 0 Å². The van der Waals surface area contributed by atoms with E-state index in [1.807, 2.05) is 25.1 Å². The molecule has 0 amide bonds. The van der Waals surface area contributed by atoms with Crippen LogP contribution in [0.25, 0.3) is 0 Å². The van der Waals surface area contributed by atoms with Crippen molar-refractivity contribution in [1.29, 1.82) is 0 Å². The van der Waals surface area contributed by atoms with Gasteiger partial charge < -0.3 is 9.64 Å². The minimum atomic E-state index is 0.136. The van der Waals surface area contributed by atoms with Crippen LogP contribution in [-0.4, -0.2) is 52.6 Å². The van der Waals surface area contributed by atoms with Gasteiger partial charge in [-0.15, -0.1) is 10.2 Å². The SMILES string of the molecule is Cc1ccc(C(=O)CSc2nnc(N3CCOCC3)n2C2CC2)cc1C. The number of ether oxygens (including phenoxy) is 1. The molecule has 26 heavy (non-hydrogen) atoms. The number of aryl methyl sites for hydroxylation is 2. The molecule has 1 aromatic heterocycles. The molecule has 2 aliphatic rings. The summed E-state index contributed by atoms with van der Waals surface area (Å²) in [5.74, 6) is 1.45. The molecule has 0 radical (unpaired) electrons. The van der Waals surface area contributed by atoms with E-state index in [1.54, 1.807) is 0 Å². The zero-order valence-electron chi connectivity index (χ0n) is 15.3. The molecule has 138 valence electrons. The molecule has 0 N–H and O–H groups in total. The van der Waals surface area contributed by atoms with Crippen molar-refractivity contribution >= 4 is 23.5 Å². The summed E-state index contributed by atoms with van der Waals surface area (Å²) in [6, 6.07) is 6.37. The van der Waals surface area contributed by atoms with Gasteiger partial charge in [0.2, 0.25) is 5.95 Å². The van der Waals surface area contributed by atoms with Crippen LogP contribution in [0.15, 0.2) is 23.4 Å². The highest BCUT2D eigenvalue weighted by Gasteiger charge is 2.32. The van der Waals surface area contributed by atoms with Crippen LogP contribution >= 0.6 is 11.8 Å². The van der Waals surface area contributed by atoms with Crippen LogP contribution in [0.1, 0.15) is 40.4 Å². The van der Waals surface area contributed by atoms with Gasteiger partial charge in [0, 0.05) is 24.7 Å². The van der Waals surface area contributed by atoms with E-state index in [2.05, 4.69) is 26.6 Å². The molecule has 0 atom stereocenters. The monoisotopic (exact) mass is 372 g/mol. The van der Waals surface area contributed by atoms with Crippen molar-refractivity contribution in [3.8, 4) is 0 Å². The van der Waals surface area contributed by atoms with Gasteiger partial charge in [0.1, 0.15) is 0 Å². The number of thioether (sulfide) groups is 1. The molecule has 2 aromatic rings. The van der Waals surface area contributed by atoms with Crippen LogP contribution in [0, 0.1) is 13.8 Å². The number of carbonyl (C=O) groups is 1. The van der Waals surface area contributed by atoms with Gasteiger partial charge in [0.15, 0.2) is 10.9 Å².